The molecule has 1 unspecified atom stereocenters. The van der Waals surface area contributed by atoms with E-state index in [2.05, 4.69) is 0 Å². The maximum Gasteiger partial charge on any atom is 0.166 e. The minimum atomic E-state index is 0.149. The second-order valence-corrected chi connectivity index (χ2v) is 2.97. The number of hydrogen-bond donors (Lipinski definition) is 0. The van der Waals surface area contributed by atoms with E-state index in [9.17, 15) is 4.79 Å². The highest BCUT2D eigenvalue weighted by Gasteiger charge is 2.04. The molecule has 0 N–H and O–H groups in total. The number of carbonyl (C=O) groups is 1. The van der Waals surface area contributed by atoms with Crippen molar-refractivity contribution in [3.05, 3.63) is 24.0 Å². The quantitative estimate of drug-likeness (QED) is 0.648. The van der Waals surface area contributed by atoms with Crippen molar-refractivity contribution < 1.29 is 9.53 Å². The van der Waals surface area contributed by atoms with E-state index in [1.165, 1.54) is 0 Å². The molecule has 3 heteroatoms. The smallest absolute Gasteiger partial charge is 0.166 e. The molecule has 0 aliphatic heterocycles. The number of nitrogens with zero attached hydrogens (tertiary/aromatic N) is 1. The van der Waals surface area contributed by atoms with Crippen LogP contribution in [0.5, 0.6) is 0 Å². The first-order chi connectivity index (χ1) is 6.27. The van der Waals surface area contributed by atoms with Gasteiger partial charge in [-0.15, -0.1) is 0 Å². The van der Waals surface area contributed by atoms with E-state index >= 15 is 0 Å². The van der Waals surface area contributed by atoms with Crippen LogP contribution in [-0.2, 0) is 11.3 Å². The molecule has 1 aromatic rings. The lowest BCUT2D eigenvalue weighted by molar-refractivity contribution is 0.0636. The molecule has 1 atom stereocenters. The summed E-state index contributed by atoms with van der Waals surface area (Å²) in [4.78, 5) is 10.6. The lowest BCUT2D eigenvalue weighted by Gasteiger charge is -2.13. The monoisotopic (exact) mass is 181 g/mol. The molecule has 3 nitrogen and oxygen atoms in total. The zero-order valence-electron chi connectivity index (χ0n) is 8.06. The van der Waals surface area contributed by atoms with Gasteiger partial charge in [0.15, 0.2) is 6.29 Å². The molecule has 1 rings (SSSR count). The number of carbonyl (C=O) groups excluding carboxylic acids is 1. The fourth-order valence-corrected chi connectivity index (χ4v) is 1.31. The maximum atomic E-state index is 10.6. The molecule has 0 aliphatic rings. The van der Waals surface area contributed by atoms with E-state index in [-0.39, 0.29) is 6.10 Å². The highest BCUT2D eigenvalue weighted by Crippen LogP contribution is 2.02. The molecule has 0 bridgehead atoms. The van der Waals surface area contributed by atoms with E-state index in [1.54, 1.807) is 6.07 Å². The molecule has 72 valence electrons. The third-order valence-corrected chi connectivity index (χ3v) is 1.89. The second kappa shape index (κ2) is 4.82. The third kappa shape index (κ3) is 2.70. The molecule has 0 saturated heterocycles. The van der Waals surface area contributed by atoms with Crippen molar-refractivity contribution in [2.75, 3.05) is 6.61 Å². The molecule has 0 radical (unpaired) electrons. The van der Waals surface area contributed by atoms with Crippen molar-refractivity contribution in [3.8, 4) is 0 Å². The Labute approximate surface area is 78.3 Å². The van der Waals surface area contributed by atoms with Crippen LogP contribution in [0, 0.1) is 0 Å². The zero-order valence-corrected chi connectivity index (χ0v) is 8.06. The fraction of sp³-hybridized carbons (Fsp3) is 0.500. The standard InChI is InChI=1S/C10H15NO2/c1-3-13-9(2)7-11-6-4-5-10(11)8-12/h4-6,8-9H,3,7H2,1-2H3. The molecular weight excluding hydrogens is 166 g/mol. The normalized spacial score (nSPS) is 12.8. The largest absolute Gasteiger partial charge is 0.377 e. The van der Waals surface area contributed by atoms with Crippen LogP contribution in [0.25, 0.3) is 0 Å². The van der Waals surface area contributed by atoms with Gasteiger partial charge in [-0.25, -0.2) is 0 Å². The maximum absolute atomic E-state index is 10.6. The first kappa shape index (κ1) is 9.99. The zero-order chi connectivity index (χ0) is 9.68. The van der Waals surface area contributed by atoms with Crippen LogP contribution in [0.4, 0.5) is 0 Å². The summed E-state index contributed by atoms with van der Waals surface area (Å²) < 4.78 is 7.27. The minimum Gasteiger partial charge on any atom is -0.377 e. The molecule has 0 saturated carbocycles. The van der Waals surface area contributed by atoms with E-state index in [1.807, 2.05) is 30.7 Å². The Morgan fingerprint density at radius 3 is 3.08 bits per heavy atom. The Kier molecular flexibility index (Phi) is 3.71. The van der Waals surface area contributed by atoms with Crippen LogP contribution in [-0.4, -0.2) is 23.6 Å². The number of rotatable bonds is 5. The Balaban J connectivity index is 2.57. The SMILES string of the molecule is CCOC(C)Cn1cccc1C=O. The number of aldehydes is 1. The van der Waals surface area contributed by atoms with Gasteiger partial charge in [0, 0.05) is 19.3 Å². The van der Waals surface area contributed by atoms with Gasteiger partial charge in [-0.05, 0) is 26.0 Å². The van der Waals surface area contributed by atoms with Crippen molar-refractivity contribution in [2.24, 2.45) is 0 Å². The molecule has 13 heavy (non-hydrogen) atoms. The summed E-state index contributed by atoms with van der Waals surface area (Å²) in [5, 5.41) is 0. The van der Waals surface area contributed by atoms with Gasteiger partial charge in [0.2, 0.25) is 0 Å². The summed E-state index contributed by atoms with van der Waals surface area (Å²) in [6.45, 7) is 5.40. The molecule has 1 heterocycles. The summed E-state index contributed by atoms with van der Waals surface area (Å²) in [6, 6.07) is 3.66. The number of ether oxygens (including phenoxy) is 1. The van der Waals surface area contributed by atoms with Gasteiger partial charge in [0.25, 0.3) is 0 Å². The van der Waals surface area contributed by atoms with Crippen molar-refractivity contribution >= 4 is 6.29 Å². The molecule has 0 aromatic carbocycles. The van der Waals surface area contributed by atoms with E-state index < -0.39 is 0 Å². The van der Waals surface area contributed by atoms with Crippen LogP contribution in [0.1, 0.15) is 24.3 Å². The Hall–Kier alpha value is -1.09. The molecule has 0 fully saturated rings. The van der Waals surface area contributed by atoms with Crippen LogP contribution >= 0.6 is 0 Å². The summed E-state index contributed by atoms with van der Waals surface area (Å²) >= 11 is 0. The van der Waals surface area contributed by atoms with E-state index in [0.717, 1.165) is 12.8 Å². The van der Waals surface area contributed by atoms with Crippen LogP contribution in [0.15, 0.2) is 18.3 Å². The predicted molar refractivity (Wildman–Crippen MR) is 50.9 cm³/mol. The molecule has 0 spiro atoms. The summed E-state index contributed by atoms with van der Waals surface area (Å²) in [6.07, 6.45) is 2.90. The van der Waals surface area contributed by atoms with Gasteiger partial charge in [-0.1, -0.05) is 0 Å². The van der Waals surface area contributed by atoms with Gasteiger partial charge in [0.05, 0.1) is 11.8 Å². The fourth-order valence-electron chi connectivity index (χ4n) is 1.31. The first-order valence-corrected chi connectivity index (χ1v) is 4.49. The Morgan fingerprint density at radius 1 is 1.69 bits per heavy atom. The van der Waals surface area contributed by atoms with Crippen LogP contribution in [0.2, 0.25) is 0 Å². The van der Waals surface area contributed by atoms with Crippen molar-refractivity contribution in [3.63, 3.8) is 0 Å². The van der Waals surface area contributed by atoms with Gasteiger partial charge in [-0.2, -0.15) is 0 Å². The van der Waals surface area contributed by atoms with Crippen molar-refractivity contribution in [1.29, 1.82) is 0 Å². The predicted octanol–water partition coefficient (Wildman–Crippen LogP) is 1.73. The third-order valence-electron chi connectivity index (χ3n) is 1.89. The summed E-state index contributed by atoms with van der Waals surface area (Å²) in [5.41, 5.74) is 0.701. The van der Waals surface area contributed by atoms with Gasteiger partial charge >= 0.3 is 0 Å². The average Bonchev–Trinajstić information content (AvgIpc) is 2.52. The van der Waals surface area contributed by atoms with Gasteiger partial charge in [0.1, 0.15) is 0 Å². The lowest BCUT2D eigenvalue weighted by atomic mass is 10.4. The molecule has 0 amide bonds. The molecule has 0 aliphatic carbocycles. The number of hydrogen-bond acceptors (Lipinski definition) is 2. The highest BCUT2D eigenvalue weighted by atomic mass is 16.5. The first-order valence-electron chi connectivity index (χ1n) is 4.49. The topological polar surface area (TPSA) is 31.2 Å². The van der Waals surface area contributed by atoms with Crippen LogP contribution < -0.4 is 0 Å². The Morgan fingerprint density at radius 2 is 2.46 bits per heavy atom. The summed E-state index contributed by atoms with van der Waals surface area (Å²) in [7, 11) is 0. The van der Waals surface area contributed by atoms with Crippen LogP contribution in [0.3, 0.4) is 0 Å². The average molecular weight is 181 g/mol. The van der Waals surface area contributed by atoms with Gasteiger partial charge < -0.3 is 9.30 Å². The second-order valence-electron chi connectivity index (χ2n) is 2.97. The highest BCUT2D eigenvalue weighted by molar-refractivity contribution is 5.72. The van der Waals surface area contributed by atoms with Gasteiger partial charge in [-0.3, -0.25) is 4.79 Å². The minimum absolute atomic E-state index is 0.149. The molecular formula is C10H15NO2. The Bertz CT molecular complexity index is 268. The van der Waals surface area contributed by atoms with Crippen molar-refractivity contribution in [1.82, 2.24) is 4.57 Å². The molecule has 1 aromatic heterocycles. The lowest BCUT2D eigenvalue weighted by Crippen LogP contribution is -2.17. The summed E-state index contributed by atoms with van der Waals surface area (Å²) in [5.74, 6) is 0. The van der Waals surface area contributed by atoms with Crippen molar-refractivity contribution in [2.45, 2.75) is 26.5 Å². The van der Waals surface area contributed by atoms with E-state index in [0.29, 0.717) is 12.3 Å². The van der Waals surface area contributed by atoms with E-state index in [4.69, 9.17) is 4.74 Å². The number of aromatic nitrogens is 1.